The van der Waals surface area contributed by atoms with Crippen LogP contribution in [0.5, 0.6) is 0 Å². The number of carbonyl (C=O) groups is 3. The predicted octanol–water partition coefficient (Wildman–Crippen LogP) is 18.2. The minimum atomic E-state index is -0.794. The summed E-state index contributed by atoms with van der Waals surface area (Å²) in [6.45, 7) is 6.55. The fourth-order valence-electron chi connectivity index (χ4n) is 7.47. The van der Waals surface area contributed by atoms with Gasteiger partial charge < -0.3 is 14.2 Å². The van der Waals surface area contributed by atoms with E-state index >= 15 is 0 Å². The van der Waals surface area contributed by atoms with E-state index in [1.165, 1.54) is 135 Å². The summed E-state index contributed by atoms with van der Waals surface area (Å²) >= 11 is 0. The van der Waals surface area contributed by atoms with Gasteiger partial charge in [-0.15, -0.1) is 0 Å². The molecule has 0 bridgehead atoms. The summed E-state index contributed by atoms with van der Waals surface area (Å²) in [5, 5.41) is 0. The summed E-state index contributed by atoms with van der Waals surface area (Å²) in [5.41, 5.74) is 0. The highest BCUT2D eigenvalue weighted by Crippen LogP contribution is 2.14. The second-order valence-electron chi connectivity index (χ2n) is 18.1. The van der Waals surface area contributed by atoms with Crippen LogP contribution in [-0.2, 0) is 28.6 Å². The average Bonchev–Trinajstić information content (AvgIpc) is 3.30. The highest BCUT2D eigenvalue weighted by molar-refractivity contribution is 5.71. The Labute approximate surface area is 402 Å². The van der Waals surface area contributed by atoms with Crippen molar-refractivity contribution in [2.45, 2.75) is 271 Å². The van der Waals surface area contributed by atoms with Crippen LogP contribution in [0.3, 0.4) is 0 Å². The Morgan fingerprint density at radius 2 is 0.554 bits per heavy atom. The first-order valence-electron chi connectivity index (χ1n) is 27.4. The molecule has 0 aromatic rings. The predicted molar refractivity (Wildman–Crippen MR) is 279 cm³/mol. The molecule has 65 heavy (non-hydrogen) atoms. The second kappa shape index (κ2) is 53.5. The highest BCUT2D eigenvalue weighted by Gasteiger charge is 2.19. The van der Waals surface area contributed by atoms with Crippen molar-refractivity contribution < 1.29 is 28.6 Å². The van der Waals surface area contributed by atoms with Crippen LogP contribution in [-0.4, -0.2) is 37.2 Å². The van der Waals surface area contributed by atoms with Crippen molar-refractivity contribution >= 4 is 17.9 Å². The maximum absolute atomic E-state index is 12.8. The molecule has 0 saturated heterocycles. The first kappa shape index (κ1) is 61.9. The van der Waals surface area contributed by atoms with E-state index in [2.05, 4.69) is 93.7 Å². The van der Waals surface area contributed by atoms with Crippen molar-refractivity contribution in [2.75, 3.05) is 13.2 Å². The molecular formula is C59H102O6. The number of esters is 3. The van der Waals surface area contributed by atoms with E-state index in [1.807, 2.05) is 0 Å². The fourth-order valence-corrected chi connectivity index (χ4v) is 7.47. The van der Waals surface area contributed by atoms with Gasteiger partial charge in [-0.25, -0.2) is 0 Å². The van der Waals surface area contributed by atoms with Crippen LogP contribution in [0.2, 0.25) is 0 Å². The first-order valence-corrected chi connectivity index (χ1v) is 27.4. The SMILES string of the molecule is CCCCC/C=C\C/C=C\C/C=C\C/C=C\CCCCCC(=O)OC[C@H](COC(=O)CCCCCCC/C=C\CCCCCC)OC(=O)CCCCCCCCC/C=C\CCCCCC. The Bertz CT molecular complexity index is 1230. The summed E-state index contributed by atoms with van der Waals surface area (Å²) in [6.07, 6.45) is 67.4. The third-order valence-corrected chi connectivity index (χ3v) is 11.7. The molecule has 0 amide bonds. The molecule has 0 aliphatic heterocycles. The first-order chi connectivity index (χ1) is 32.0. The smallest absolute Gasteiger partial charge is 0.306 e. The van der Waals surface area contributed by atoms with Gasteiger partial charge in [0, 0.05) is 19.3 Å². The van der Waals surface area contributed by atoms with Crippen LogP contribution in [0.4, 0.5) is 0 Å². The number of hydrogen-bond acceptors (Lipinski definition) is 6. The van der Waals surface area contributed by atoms with E-state index in [0.29, 0.717) is 19.3 Å². The van der Waals surface area contributed by atoms with Gasteiger partial charge in [-0.2, -0.15) is 0 Å². The van der Waals surface area contributed by atoms with Crippen molar-refractivity contribution in [1.82, 2.24) is 0 Å². The Morgan fingerprint density at radius 1 is 0.308 bits per heavy atom. The van der Waals surface area contributed by atoms with E-state index in [9.17, 15) is 14.4 Å². The molecule has 0 aromatic carbocycles. The van der Waals surface area contributed by atoms with Crippen LogP contribution in [0.1, 0.15) is 265 Å². The van der Waals surface area contributed by atoms with Gasteiger partial charge in [0.25, 0.3) is 0 Å². The maximum atomic E-state index is 12.8. The summed E-state index contributed by atoms with van der Waals surface area (Å²) in [5.74, 6) is -0.932. The molecule has 374 valence electrons. The van der Waals surface area contributed by atoms with E-state index in [1.54, 1.807) is 0 Å². The van der Waals surface area contributed by atoms with Gasteiger partial charge in [-0.1, -0.05) is 203 Å². The highest BCUT2D eigenvalue weighted by atomic mass is 16.6. The largest absolute Gasteiger partial charge is 0.462 e. The molecular weight excluding hydrogens is 805 g/mol. The molecule has 0 spiro atoms. The summed E-state index contributed by atoms with van der Waals surface area (Å²) < 4.78 is 16.8. The van der Waals surface area contributed by atoms with Crippen LogP contribution in [0, 0.1) is 0 Å². The molecule has 6 heteroatoms. The lowest BCUT2D eigenvalue weighted by Crippen LogP contribution is -2.30. The number of allylic oxidation sites excluding steroid dienone is 12. The van der Waals surface area contributed by atoms with E-state index in [-0.39, 0.29) is 31.1 Å². The third kappa shape index (κ3) is 51.7. The van der Waals surface area contributed by atoms with Crippen molar-refractivity contribution in [1.29, 1.82) is 0 Å². The van der Waals surface area contributed by atoms with Crippen molar-refractivity contribution in [3.8, 4) is 0 Å². The maximum Gasteiger partial charge on any atom is 0.306 e. The fraction of sp³-hybridized carbons (Fsp3) is 0.746. The second-order valence-corrected chi connectivity index (χ2v) is 18.1. The summed E-state index contributed by atoms with van der Waals surface area (Å²) in [4.78, 5) is 38.0. The van der Waals surface area contributed by atoms with Gasteiger partial charge in [0.15, 0.2) is 6.10 Å². The molecule has 0 rings (SSSR count). The van der Waals surface area contributed by atoms with Crippen molar-refractivity contribution in [2.24, 2.45) is 0 Å². The number of ether oxygens (including phenoxy) is 3. The average molecular weight is 907 g/mol. The number of carbonyl (C=O) groups excluding carboxylic acids is 3. The Balaban J connectivity index is 4.44. The molecule has 0 aromatic heterocycles. The van der Waals surface area contributed by atoms with Crippen LogP contribution >= 0.6 is 0 Å². The van der Waals surface area contributed by atoms with Gasteiger partial charge in [0.05, 0.1) is 0 Å². The van der Waals surface area contributed by atoms with E-state index < -0.39 is 6.10 Å². The molecule has 0 aliphatic carbocycles. The summed E-state index contributed by atoms with van der Waals surface area (Å²) in [6, 6.07) is 0. The Hall–Kier alpha value is -3.15. The zero-order valence-electron chi connectivity index (χ0n) is 42.7. The Morgan fingerprint density at radius 3 is 0.923 bits per heavy atom. The van der Waals surface area contributed by atoms with Gasteiger partial charge >= 0.3 is 17.9 Å². The van der Waals surface area contributed by atoms with Crippen molar-refractivity contribution in [3.63, 3.8) is 0 Å². The lowest BCUT2D eigenvalue weighted by Gasteiger charge is -2.18. The van der Waals surface area contributed by atoms with Gasteiger partial charge in [0.2, 0.25) is 0 Å². The Kier molecular flexibility index (Phi) is 50.9. The monoisotopic (exact) mass is 907 g/mol. The molecule has 0 unspecified atom stereocenters. The number of hydrogen-bond donors (Lipinski definition) is 0. The standard InChI is InChI=1S/C59H102O6/c1-4-7-10-13-16-19-22-25-27-28-29-30-32-34-37-40-43-46-49-52-58(61)64-55-56(54-63-57(60)51-48-45-42-39-36-33-24-21-18-15-12-9-6-3)65-59(62)53-50-47-44-41-38-35-31-26-23-20-17-14-11-8-5-2/h16,19-21,23-25,27,29-30,34,37,56H,4-15,17-18,22,26,28,31-33,35-36,38-55H2,1-3H3/b19-16-,23-20-,24-21-,27-25-,30-29-,37-34-/t56-/m0/s1. The zero-order valence-corrected chi connectivity index (χ0v) is 42.7. The van der Waals surface area contributed by atoms with Gasteiger partial charge in [-0.05, 0) is 116 Å². The third-order valence-electron chi connectivity index (χ3n) is 11.7. The van der Waals surface area contributed by atoms with E-state index in [0.717, 1.165) is 89.9 Å². The quantitative estimate of drug-likeness (QED) is 0.0262. The minimum Gasteiger partial charge on any atom is -0.462 e. The molecule has 6 nitrogen and oxygen atoms in total. The summed E-state index contributed by atoms with van der Waals surface area (Å²) in [7, 11) is 0. The lowest BCUT2D eigenvalue weighted by molar-refractivity contribution is -0.167. The van der Waals surface area contributed by atoms with Crippen LogP contribution < -0.4 is 0 Å². The lowest BCUT2D eigenvalue weighted by atomic mass is 10.1. The molecule has 0 radical (unpaired) electrons. The van der Waals surface area contributed by atoms with E-state index in [4.69, 9.17) is 14.2 Å². The molecule has 0 heterocycles. The normalized spacial score (nSPS) is 12.6. The van der Waals surface area contributed by atoms with Crippen LogP contribution in [0.25, 0.3) is 0 Å². The van der Waals surface area contributed by atoms with Gasteiger partial charge in [-0.3, -0.25) is 14.4 Å². The van der Waals surface area contributed by atoms with Crippen molar-refractivity contribution in [3.05, 3.63) is 72.9 Å². The number of rotatable bonds is 49. The molecule has 1 atom stereocenters. The number of unbranched alkanes of at least 4 members (excludes halogenated alkanes) is 26. The topological polar surface area (TPSA) is 78.9 Å². The molecule has 0 N–H and O–H groups in total. The molecule has 0 fully saturated rings. The molecule has 0 saturated carbocycles. The zero-order chi connectivity index (χ0) is 47.2. The minimum absolute atomic E-state index is 0.0915. The van der Waals surface area contributed by atoms with Gasteiger partial charge in [0.1, 0.15) is 13.2 Å². The van der Waals surface area contributed by atoms with Crippen LogP contribution in [0.15, 0.2) is 72.9 Å². The molecule has 0 aliphatic rings.